The third-order valence-electron chi connectivity index (χ3n) is 7.57. The van der Waals surface area contributed by atoms with E-state index in [1.54, 1.807) is 26.1 Å². The number of aromatic nitrogens is 2. The topological polar surface area (TPSA) is 110 Å². The van der Waals surface area contributed by atoms with Crippen LogP contribution in [0.3, 0.4) is 0 Å². The van der Waals surface area contributed by atoms with Crippen molar-refractivity contribution < 1.29 is 28.6 Å². The number of hydrogen-bond donors (Lipinski definition) is 2. The Hall–Kier alpha value is -4.09. The first-order chi connectivity index (χ1) is 19.8. The van der Waals surface area contributed by atoms with Gasteiger partial charge in [0.2, 0.25) is 12.1 Å². The molecule has 12 heteroatoms. The van der Waals surface area contributed by atoms with Crippen molar-refractivity contribution in [2.75, 3.05) is 29.4 Å². The number of nitrogens with zero attached hydrogens (tertiary/aromatic N) is 5. The van der Waals surface area contributed by atoms with Crippen molar-refractivity contribution in [2.24, 2.45) is 0 Å². The van der Waals surface area contributed by atoms with Gasteiger partial charge in [-0.1, -0.05) is 38.1 Å². The highest BCUT2D eigenvalue weighted by molar-refractivity contribution is 6.33. The summed E-state index contributed by atoms with van der Waals surface area (Å²) in [5.74, 6) is -2.59. The first-order valence-electron chi connectivity index (χ1n) is 13.3. The first kappa shape index (κ1) is 29.4. The highest BCUT2D eigenvalue weighted by Gasteiger charge is 2.50. The van der Waals surface area contributed by atoms with Crippen LogP contribution >= 0.6 is 11.6 Å². The molecule has 2 amide bonds. The molecular formula is C30H30ClF2N5O4. The average Bonchev–Trinajstić information content (AvgIpc) is 2.93. The van der Waals surface area contributed by atoms with Crippen LogP contribution in [0.1, 0.15) is 36.6 Å². The Labute approximate surface area is 246 Å². The summed E-state index contributed by atoms with van der Waals surface area (Å²) in [6, 6.07) is 5.63. The molecule has 0 saturated carbocycles. The van der Waals surface area contributed by atoms with Crippen LogP contribution in [0, 0.1) is 19.7 Å². The maximum absolute atomic E-state index is 15.8. The number of hydrogen-bond acceptors (Lipinski definition) is 7. The minimum absolute atomic E-state index is 0.0123. The highest BCUT2D eigenvalue weighted by atomic mass is 35.5. The molecule has 0 bridgehead atoms. The van der Waals surface area contributed by atoms with E-state index >= 15 is 8.78 Å². The molecule has 4 heterocycles. The zero-order chi connectivity index (χ0) is 30.7. The van der Waals surface area contributed by atoms with E-state index in [0.717, 1.165) is 11.0 Å². The summed E-state index contributed by atoms with van der Waals surface area (Å²) in [7, 11) is 0. The van der Waals surface area contributed by atoms with Gasteiger partial charge in [0.25, 0.3) is 5.91 Å². The van der Waals surface area contributed by atoms with Crippen LogP contribution in [0.5, 0.6) is 5.75 Å². The monoisotopic (exact) mass is 597 g/mol. The molecule has 220 valence electrons. The van der Waals surface area contributed by atoms with Crippen LogP contribution in [-0.4, -0.2) is 68.4 Å². The summed E-state index contributed by atoms with van der Waals surface area (Å²) in [5, 5.41) is 22.2. The van der Waals surface area contributed by atoms with E-state index in [0.29, 0.717) is 22.5 Å². The van der Waals surface area contributed by atoms with Crippen molar-refractivity contribution >= 4 is 40.6 Å². The third kappa shape index (κ3) is 4.76. The predicted octanol–water partition coefficient (Wildman–Crippen LogP) is 4.92. The molecule has 2 aliphatic heterocycles. The number of aliphatic hydroxyl groups excluding tert-OH is 1. The summed E-state index contributed by atoms with van der Waals surface area (Å²) in [4.78, 5) is 38.4. The van der Waals surface area contributed by atoms with Crippen LogP contribution in [0.25, 0.3) is 11.3 Å². The fraction of sp³-hybridized carbons (Fsp3) is 0.333. The van der Waals surface area contributed by atoms with Crippen LogP contribution in [-0.2, 0) is 9.59 Å². The number of aryl methyl sites for hydroxylation is 2. The van der Waals surface area contributed by atoms with E-state index in [1.807, 2.05) is 13.8 Å². The zero-order valence-corrected chi connectivity index (χ0v) is 24.3. The Kier molecular flexibility index (Phi) is 7.44. The minimum Gasteiger partial charge on any atom is -0.507 e. The minimum atomic E-state index is -1.98. The number of amides is 2. The molecule has 9 nitrogen and oxygen atoms in total. The van der Waals surface area contributed by atoms with E-state index in [9.17, 15) is 19.8 Å². The van der Waals surface area contributed by atoms with Crippen LogP contribution in [0.4, 0.5) is 26.0 Å². The van der Waals surface area contributed by atoms with Gasteiger partial charge in [0.15, 0.2) is 11.5 Å². The number of halogens is 3. The van der Waals surface area contributed by atoms with Crippen molar-refractivity contribution in [1.82, 2.24) is 14.9 Å². The molecule has 0 spiro atoms. The Morgan fingerprint density at radius 3 is 2.60 bits per heavy atom. The Balaban J connectivity index is 1.73. The van der Waals surface area contributed by atoms with E-state index in [2.05, 4.69) is 16.5 Å². The van der Waals surface area contributed by atoms with Gasteiger partial charge in [-0.2, -0.15) is 0 Å². The van der Waals surface area contributed by atoms with Gasteiger partial charge in [-0.15, -0.1) is 0 Å². The molecule has 5 rings (SSSR count). The number of pyridine rings is 2. The summed E-state index contributed by atoms with van der Waals surface area (Å²) >= 11 is 6.62. The number of rotatable bonds is 6. The van der Waals surface area contributed by atoms with Crippen molar-refractivity contribution in [1.29, 1.82) is 0 Å². The summed E-state index contributed by atoms with van der Waals surface area (Å²) in [6.45, 7) is 9.52. The van der Waals surface area contributed by atoms with Gasteiger partial charge in [-0.05, 0) is 55.2 Å². The number of carbonyl (C=O) groups is 2. The number of anilines is 3. The Bertz CT molecular complexity index is 1630. The van der Waals surface area contributed by atoms with E-state index < -0.39 is 36.1 Å². The molecule has 2 N–H and O–H groups in total. The van der Waals surface area contributed by atoms with E-state index in [-0.39, 0.29) is 52.5 Å². The molecule has 2 aromatic heterocycles. The number of phenols is 1. The molecule has 1 unspecified atom stereocenters. The molecule has 1 saturated heterocycles. The normalized spacial score (nSPS) is 17.8. The van der Waals surface area contributed by atoms with Crippen LogP contribution < -0.4 is 9.80 Å². The lowest BCUT2D eigenvalue weighted by atomic mass is 9.94. The lowest BCUT2D eigenvalue weighted by molar-refractivity contribution is -0.140. The number of likely N-dealkylation sites (tertiary alicyclic amines) is 1. The molecular weight excluding hydrogens is 568 g/mol. The molecule has 2 aliphatic rings. The van der Waals surface area contributed by atoms with E-state index in [1.165, 1.54) is 28.0 Å². The zero-order valence-electron chi connectivity index (χ0n) is 23.5. The largest absolute Gasteiger partial charge is 0.507 e. The number of phenolic OH excluding ortho intramolecular Hbond substituents is 1. The molecule has 3 aromatic rings. The van der Waals surface area contributed by atoms with Gasteiger partial charge < -0.3 is 20.0 Å². The fourth-order valence-electron chi connectivity index (χ4n) is 5.41. The van der Waals surface area contributed by atoms with Crippen molar-refractivity contribution in [3.05, 3.63) is 70.8 Å². The quantitative estimate of drug-likeness (QED) is 0.388. The average molecular weight is 598 g/mol. The molecule has 1 aromatic carbocycles. The third-order valence-corrected chi connectivity index (χ3v) is 7.86. The van der Waals surface area contributed by atoms with Gasteiger partial charge in [0.1, 0.15) is 11.6 Å². The highest BCUT2D eigenvalue weighted by Crippen LogP contribution is 2.48. The molecule has 42 heavy (non-hydrogen) atoms. The number of aromatic hydroxyl groups is 1. The number of alkyl halides is 1. The maximum atomic E-state index is 15.8. The predicted molar refractivity (Wildman–Crippen MR) is 155 cm³/mol. The molecule has 0 radical (unpaired) electrons. The summed E-state index contributed by atoms with van der Waals surface area (Å²) in [6.07, 6.45) is 0.834. The maximum Gasteiger partial charge on any atom is 0.277 e. The van der Waals surface area contributed by atoms with Gasteiger partial charge in [0, 0.05) is 6.20 Å². The van der Waals surface area contributed by atoms with Crippen molar-refractivity contribution in [3.8, 4) is 17.0 Å². The van der Waals surface area contributed by atoms with Gasteiger partial charge in [-0.3, -0.25) is 19.5 Å². The van der Waals surface area contributed by atoms with Crippen molar-refractivity contribution in [3.63, 3.8) is 0 Å². The second-order valence-electron chi connectivity index (χ2n) is 11.0. The molecule has 1 fully saturated rings. The lowest BCUT2D eigenvalue weighted by Gasteiger charge is -2.48. The Morgan fingerprint density at radius 2 is 1.95 bits per heavy atom. The van der Waals surface area contributed by atoms with Crippen LogP contribution in [0.15, 0.2) is 43.1 Å². The number of aliphatic hydroxyl groups is 1. The second kappa shape index (κ2) is 10.6. The smallest absolute Gasteiger partial charge is 0.277 e. The first-order valence-corrected chi connectivity index (χ1v) is 13.7. The van der Waals surface area contributed by atoms with Gasteiger partial charge >= 0.3 is 0 Å². The Morgan fingerprint density at radius 1 is 1.26 bits per heavy atom. The number of benzene rings is 1. The number of fused-ring (bicyclic) bond motifs is 1. The van der Waals surface area contributed by atoms with Gasteiger partial charge in [0.05, 0.1) is 53.0 Å². The van der Waals surface area contributed by atoms with E-state index in [4.69, 9.17) is 11.6 Å². The molecule has 1 atom stereocenters. The summed E-state index contributed by atoms with van der Waals surface area (Å²) < 4.78 is 30.9. The van der Waals surface area contributed by atoms with Gasteiger partial charge in [-0.25, -0.2) is 13.8 Å². The number of carbonyl (C=O) groups excluding carboxylic acids is 2. The molecule has 0 aliphatic carbocycles. The fourth-order valence-corrected chi connectivity index (χ4v) is 5.65. The van der Waals surface area contributed by atoms with Crippen LogP contribution in [0.2, 0.25) is 5.02 Å². The standard InChI is InChI=1S/C30H30ClF2N5O4/c1-6-21(39)36-12-30(33,13-36)14-37-20-11-18(31)24(22-19(32)8-7-17(5)26(22)40)35-27(20)38(29(42)28(37)41)25-16(4)9-10-34-23(25)15(2)3/h6-11,15,29,40,42H,1,12-14H2,2-5H3. The second-order valence-corrected chi connectivity index (χ2v) is 11.4. The SMILES string of the molecule is C=CC(=O)N1CC(F)(CN2C(=O)C(O)N(c3c(C)ccnc3C(C)C)c3nc(-c4c(F)ccc(C)c4O)c(Cl)cc32)C1. The summed E-state index contributed by atoms with van der Waals surface area (Å²) in [5.41, 5.74) is -0.288. The van der Waals surface area contributed by atoms with Crippen molar-refractivity contribution in [2.45, 2.75) is 45.5 Å². The lowest BCUT2D eigenvalue weighted by Crippen LogP contribution is -2.67.